The first-order chi connectivity index (χ1) is 38.1. The Balaban J connectivity index is 0.000000192. The lowest BCUT2D eigenvalue weighted by molar-refractivity contribution is 0.0949. The highest BCUT2D eigenvalue weighted by Gasteiger charge is 2.22. The standard InChI is InChI=1S/C30H27FN4O5.C29H25FN4O5/c1-18-22(30(37)35(34(18)2)20-8-6-5-7-9-20)17-33-29(36)19-10-11-26(23(31)14-19)40-25-12-13-32-24-16-28(39-4)27(38-3)15-21(24)25;1-17-27(29(36)34(33(17)2)19-8-6-5-7-9-19)32-28(35)18-10-11-24(21(30)14-18)39-23-12-13-31-22-16-26(38-4)25(37-3)15-20(22)23/h5-16H,17H2,1-4H3,(H,33,36);5-16H,1-4H3,(H,32,35). The number of rotatable bonds is 15. The summed E-state index contributed by atoms with van der Waals surface area (Å²) in [5, 5.41) is 6.55. The molecule has 2 N–H and O–H groups in total. The van der Waals surface area contributed by atoms with Gasteiger partial charge in [-0.2, -0.15) is 0 Å². The van der Waals surface area contributed by atoms with Crippen molar-refractivity contribution in [3.05, 3.63) is 206 Å². The number of aromatic nitrogens is 6. The Bertz CT molecular complexity index is 4060. The van der Waals surface area contributed by atoms with Crippen LogP contribution in [0, 0.1) is 25.5 Å². The molecule has 2 amide bonds. The average Bonchev–Trinajstić information content (AvgIpc) is 3.94. The van der Waals surface area contributed by atoms with Gasteiger partial charge in [-0.25, -0.2) is 18.1 Å². The summed E-state index contributed by atoms with van der Waals surface area (Å²) in [6.45, 7) is 3.52. The number of nitrogens with zero attached hydrogens (tertiary/aromatic N) is 6. The predicted molar refractivity (Wildman–Crippen MR) is 293 cm³/mol. The van der Waals surface area contributed by atoms with Crippen molar-refractivity contribution in [3.8, 4) is 57.4 Å². The molecule has 0 saturated carbocycles. The van der Waals surface area contributed by atoms with Crippen LogP contribution in [0.1, 0.15) is 37.7 Å². The Morgan fingerprint density at radius 3 is 1.39 bits per heavy atom. The van der Waals surface area contributed by atoms with Gasteiger partial charge in [0.15, 0.2) is 46.1 Å². The second-order valence-electron chi connectivity index (χ2n) is 17.7. The number of carbonyl (C=O) groups excluding carboxylic acids is 2. The fourth-order valence-electron chi connectivity index (χ4n) is 8.76. The van der Waals surface area contributed by atoms with Gasteiger partial charge in [0, 0.05) is 66.2 Å². The molecule has 10 rings (SSSR count). The van der Waals surface area contributed by atoms with E-state index in [0.29, 0.717) is 84.6 Å². The summed E-state index contributed by atoms with van der Waals surface area (Å²) in [6, 6.07) is 36.1. The number of nitrogens with one attached hydrogen (secondary N) is 2. The van der Waals surface area contributed by atoms with Crippen molar-refractivity contribution in [2.75, 3.05) is 33.8 Å². The fourth-order valence-corrected chi connectivity index (χ4v) is 8.76. The summed E-state index contributed by atoms with van der Waals surface area (Å²) in [7, 11) is 9.58. The van der Waals surface area contributed by atoms with Gasteiger partial charge >= 0.3 is 0 Å². The van der Waals surface area contributed by atoms with Crippen LogP contribution in [0.2, 0.25) is 0 Å². The second kappa shape index (κ2) is 22.9. The van der Waals surface area contributed by atoms with Crippen LogP contribution in [0.15, 0.2) is 155 Å². The number of para-hydroxylation sites is 2. The summed E-state index contributed by atoms with van der Waals surface area (Å²) in [5.41, 5.74) is 3.82. The maximum Gasteiger partial charge on any atom is 0.295 e. The van der Waals surface area contributed by atoms with Crippen molar-refractivity contribution >= 4 is 39.3 Å². The first kappa shape index (κ1) is 53.6. The normalized spacial score (nSPS) is 10.9. The molecule has 0 bridgehead atoms. The van der Waals surface area contributed by atoms with Crippen molar-refractivity contribution in [1.29, 1.82) is 0 Å². The third kappa shape index (κ3) is 10.8. The third-order valence-corrected chi connectivity index (χ3v) is 13.1. The molecule has 18 nitrogen and oxygen atoms in total. The molecular weight excluding hydrogens is 1020 g/mol. The molecule has 20 heteroatoms. The van der Waals surface area contributed by atoms with Crippen LogP contribution >= 0.6 is 0 Å². The van der Waals surface area contributed by atoms with Gasteiger partial charge < -0.3 is 39.1 Å². The number of fused-ring (bicyclic) bond motifs is 2. The van der Waals surface area contributed by atoms with E-state index in [1.165, 1.54) is 68.3 Å². The molecule has 10 aromatic rings. The van der Waals surface area contributed by atoms with Gasteiger partial charge in [0.2, 0.25) is 0 Å². The SMILES string of the molecule is COc1cc2nccc(Oc3ccc(C(=O)NCc4c(C)n(C)n(-c5ccccc5)c4=O)cc3F)c2cc1OC.COc1cc2nccc(Oc3ccc(C(=O)Nc4c(C)n(C)n(-c5ccccc5)c4=O)cc3F)c2cc1OC. The molecule has 4 aromatic heterocycles. The van der Waals surface area contributed by atoms with Crippen LogP contribution in [0.5, 0.6) is 46.0 Å². The maximum absolute atomic E-state index is 15.1. The number of ether oxygens (including phenoxy) is 6. The van der Waals surface area contributed by atoms with Crippen molar-refractivity contribution in [3.63, 3.8) is 0 Å². The Hall–Kier alpha value is -10.2. The average molecular weight is 1070 g/mol. The van der Waals surface area contributed by atoms with E-state index in [-0.39, 0.29) is 40.4 Å². The molecule has 0 aliphatic heterocycles. The minimum absolute atomic E-state index is 0.00859. The zero-order chi connectivity index (χ0) is 56.1. The number of anilines is 1. The van der Waals surface area contributed by atoms with Crippen molar-refractivity contribution in [1.82, 2.24) is 34.0 Å². The van der Waals surface area contributed by atoms with Crippen molar-refractivity contribution in [2.45, 2.75) is 20.4 Å². The minimum Gasteiger partial charge on any atom is -0.493 e. The number of hydrogen-bond acceptors (Lipinski definition) is 12. The van der Waals surface area contributed by atoms with Crippen LogP contribution < -0.4 is 50.2 Å². The van der Waals surface area contributed by atoms with Gasteiger partial charge in [0.05, 0.1) is 68.6 Å². The first-order valence-electron chi connectivity index (χ1n) is 24.4. The largest absolute Gasteiger partial charge is 0.493 e. The van der Waals surface area contributed by atoms with Crippen molar-refractivity contribution in [2.24, 2.45) is 14.1 Å². The number of carbonyl (C=O) groups is 2. The maximum atomic E-state index is 15.1. The molecule has 0 radical (unpaired) electrons. The number of amides is 2. The predicted octanol–water partition coefficient (Wildman–Crippen LogP) is 10.1. The Labute approximate surface area is 450 Å². The van der Waals surface area contributed by atoms with Gasteiger partial charge in [-0.3, -0.25) is 38.5 Å². The molecular formula is C59H52F2N8O10. The van der Waals surface area contributed by atoms with Crippen molar-refractivity contribution < 1.29 is 46.8 Å². The van der Waals surface area contributed by atoms with Gasteiger partial charge in [0.1, 0.15) is 17.2 Å². The molecule has 0 spiro atoms. The molecule has 402 valence electrons. The second-order valence-corrected chi connectivity index (χ2v) is 17.7. The van der Waals surface area contributed by atoms with E-state index in [4.69, 9.17) is 28.4 Å². The van der Waals surface area contributed by atoms with Crippen LogP contribution in [0.25, 0.3) is 33.2 Å². The van der Waals surface area contributed by atoms with Gasteiger partial charge in [0.25, 0.3) is 22.9 Å². The number of halogens is 2. The molecule has 0 aliphatic carbocycles. The molecule has 0 saturated heterocycles. The molecule has 0 aliphatic rings. The summed E-state index contributed by atoms with van der Waals surface area (Å²) >= 11 is 0. The topological polar surface area (TPSA) is 193 Å². The van der Waals surface area contributed by atoms with Crippen LogP contribution in [0.4, 0.5) is 14.5 Å². The summed E-state index contributed by atoms with van der Waals surface area (Å²) in [5.74, 6) is -0.119. The quantitative estimate of drug-likeness (QED) is 0.0989. The smallest absolute Gasteiger partial charge is 0.295 e. The van der Waals surface area contributed by atoms with Gasteiger partial charge in [-0.15, -0.1) is 0 Å². The van der Waals surface area contributed by atoms with Crippen LogP contribution in [-0.4, -0.2) is 68.9 Å². The van der Waals surface area contributed by atoms with Gasteiger partial charge in [-0.1, -0.05) is 36.4 Å². The fraction of sp³-hybridized carbons (Fsp3) is 0.153. The molecule has 0 unspecified atom stereocenters. The van der Waals surface area contributed by atoms with E-state index < -0.39 is 29.0 Å². The highest BCUT2D eigenvalue weighted by atomic mass is 19.1. The Kier molecular flexibility index (Phi) is 15.6. The molecule has 0 fully saturated rings. The lowest BCUT2D eigenvalue weighted by atomic mass is 10.1. The van der Waals surface area contributed by atoms with Crippen LogP contribution in [0.3, 0.4) is 0 Å². The Morgan fingerprint density at radius 2 is 0.937 bits per heavy atom. The molecule has 6 aromatic carbocycles. The van der Waals surface area contributed by atoms with E-state index in [1.807, 2.05) is 55.5 Å². The van der Waals surface area contributed by atoms with Crippen LogP contribution in [-0.2, 0) is 20.6 Å². The summed E-state index contributed by atoms with van der Waals surface area (Å²) in [6.07, 6.45) is 3.08. The lowest BCUT2D eigenvalue weighted by Crippen LogP contribution is -2.27. The van der Waals surface area contributed by atoms with E-state index in [0.717, 1.165) is 12.1 Å². The highest BCUT2D eigenvalue weighted by Crippen LogP contribution is 2.39. The van der Waals surface area contributed by atoms with E-state index in [2.05, 4.69) is 20.6 Å². The van der Waals surface area contributed by atoms with E-state index in [1.54, 1.807) is 85.1 Å². The van der Waals surface area contributed by atoms with E-state index in [9.17, 15) is 19.2 Å². The lowest BCUT2D eigenvalue weighted by Gasteiger charge is -2.13. The zero-order valence-electron chi connectivity index (χ0n) is 44.1. The third-order valence-electron chi connectivity index (χ3n) is 13.1. The Morgan fingerprint density at radius 1 is 0.506 bits per heavy atom. The highest BCUT2D eigenvalue weighted by molar-refractivity contribution is 6.04. The minimum atomic E-state index is -0.750. The van der Waals surface area contributed by atoms with Gasteiger partial charge in [-0.05, 0) is 98.8 Å². The summed E-state index contributed by atoms with van der Waals surface area (Å²) < 4.78 is 69.6. The monoisotopic (exact) mass is 1070 g/mol. The number of hydrogen-bond donors (Lipinski definition) is 2. The number of benzene rings is 6. The summed E-state index contributed by atoms with van der Waals surface area (Å²) in [4.78, 5) is 60.7. The molecule has 0 atom stereocenters. The number of methoxy groups -OCH3 is 4. The molecule has 4 heterocycles. The first-order valence-corrected chi connectivity index (χ1v) is 24.4. The van der Waals surface area contributed by atoms with E-state index >= 15 is 8.78 Å². The zero-order valence-corrected chi connectivity index (χ0v) is 44.1. The molecule has 79 heavy (non-hydrogen) atoms. The number of pyridine rings is 2.